The van der Waals surface area contributed by atoms with E-state index in [1.807, 2.05) is 24.3 Å². The van der Waals surface area contributed by atoms with Gasteiger partial charge in [0.1, 0.15) is 11.5 Å². The number of hydrogen-bond donors (Lipinski definition) is 0. The highest BCUT2D eigenvalue weighted by Crippen LogP contribution is 2.26. The molecule has 0 unspecified atom stereocenters. The second-order valence-corrected chi connectivity index (χ2v) is 5.42. The summed E-state index contributed by atoms with van der Waals surface area (Å²) < 4.78 is 10.5. The van der Waals surface area contributed by atoms with E-state index in [9.17, 15) is 4.79 Å². The van der Waals surface area contributed by atoms with E-state index in [0.717, 1.165) is 12.2 Å². The Bertz CT molecular complexity index is 680. The molecule has 0 aromatic heterocycles. The maximum Gasteiger partial charge on any atom is 0.419 e. The van der Waals surface area contributed by atoms with Gasteiger partial charge in [-0.05, 0) is 36.2 Å². The zero-order chi connectivity index (χ0) is 16.1. The Hall–Kier alpha value is -2.75. The number of nitrogens with zero attached hydrogens (tertiary/aromatic N) is 1. The number of rotatable bonds is 3. The first-order valence-electron chi connectivity index (χ1n) is 7.60. The van der Waals surface area contributed by atoms with Crippen LogP contribution < -0.4 is 9.47 Å². The van der Waals surface area contributed by atoms with Crippen LogP contribution in [0.25, 0.3) is 0 Å². The number of hydrogen-bond acceptors (Lipinski definition) is 3. The van der Waals surface area contributed by atoms with Gasteiger partial charge in [-0.25, -0.2) is 4.79 Å². The van der Waals surface area contributed by atoms with Crippen molar-refractivity contribution in [1.82, 2.24) is 4.90 Å². The monoisotopic (exact) mass is 309 g/mol. The molecule has 2 aromatic carbocycles. The van der Waals surface area contributed by atoms with Crippen molar-refractivity contribution in [3.8, 4) is 11.5 Å². The van der Waals surface area contributed by atoms with Gasteiger partial charge in [-0.2, -0.15) is 0 Å². The molecule has 23 heavy (non-hydrogen) atoms. The van der Waals surface area contributed by atoms with Crippen molar-refractivity contribution in [3.63, 3.8) is 0 Å². The van der Waals surface area contributed by atoms with Crippen LogP contribution in [0.15, 0.2) is 66.9 Å². The van der Waals surface area contributed by atoms with Crippen LogP contribution in [0.3, 0.4) is 0 Å². The summed E-state index contributed by atoms with van der Waals surface area (Å²) >= 11 is 0. The fourth-order valence-electron chi connectivity index (χ4n) is 2.63. The van der Waals surface area contributed by atoms with Gasteiger partial charge in [-0.15, -0.1) is 0 Å². The number of ether oxygens (including phenoxy) is 2. The molecule has 2 aromatic rings. The van der Waals surface area contributed by atoms with Crippen LogP contribution in [0.1, 0.15) is 17.9 Å². The smallest absolute Gasteiger partial charge is 0.419 e. The van der Waals surface area contributed by atoms with Crippen LogP contribution in [0.4, 0.5) is 4.79 Å². The Morgan fingerprint density at radius 2 is 1.74 bits per heavy atom. The molecule has 1 heterocycles. The van der Waals surface area contributed by atoms with Gasteiger partial charge in [-0.3, -0.25) is 4.90 Å². The number of allylic oxidation sites excluding steroid dienone is 1. The SMILES string of the molecule is COc1ccc(OC(=O)N2C=CC[C@@H](c3ccccc3)C2)cc1. The maximum absolute atomic E-state index is 12.3. The summed E-state index contributed by atoms with van der Waals surface area (Å²) in [5, 5.41) is 0. The lowest BCUT2D eigenvalue weighted by atomic mass is 9.93. The van der Waals surface area contributed by atoms with Crippen LogP contribution in [-0.2, 0) is 0 Å². The number of carbonyl (C=O) groups excluding carboxylic acids is 1. The van der Waals surface area contributed by atoms with Gasteiger partial charge in [0.2, 0.25) is 0 Å². The lowest BCUT2D eigenvalue weighted by molar-refractivity contribution is 0.165. The number of carbonyl (C=O) groups is 1. The minimum atomic E-state index is -0.368. The lowest BCUT2D eigenvalue weighted by Gasteiger charge is -2.27. The molecule has 0 spiro atoms. The van der Waals surface area contributed by atoms with Gasteiger partial charge >= 0.3 is 6.09 Å². The van der Waals surface area contributed by atoms with Crippen molar-refractivity contribution in [1.29, 1.82) is 0 Å². The van der Waals surface area contributed by atoms with E-state index in [4.69, 9.17) is 9.47 Å². The summed E-state index contributed by atoms with van der Waals surface area (Å²) in [5.74, 6) is 1.53. The average Bonchev–Trinajstić information content (AvgIpc) is 2.63. The third kappa shape index (κ3) is 3.72. The van der Waals surface area contributed by atoms with E-state index in [2.05, 4.69) is 12.1 Å². The number of benzene rings is 2. The van der Waals surface area contributed by atoms with E-state index in [0.29, 0.717) is 18.2 Å². The third-order valence-electron chi connectivity index (χ3n) is 3.89. The molecular formula is C19H19NO3. The number of amides is 1. The maximum atomic E-state index is 12.3. The predicted molar refractivity (Wildman–Crippen MR) is 88.7 cm³/mol. The van der Waals surface area contributed by atoms with Gasteiger partial charge in [0, 0.05) is 18.7 Å². The van der Waals surface area contributed by atoms with Gasteiger partial charge in [0.05, 0.1) is 7.11 Å². The van der Waals surface area contributed by atoms with Gasteiger partial charge < -0.3 is 9.47 Å². The molecule has 0 bridgehead atoms. The van der Waals surface area contributed by atoms with Crippen LogP contribution in [0, 0.1) is 0 Å². The van der Waals surface area contributed by atoms with Crippen molar-refractivity contribution in [2.24, 2.45) is 0 Å². The standard InChI is InChI=1S/C19H19NO3/c1-22-17-9-11-18(12-10-17)23-19(21)20-13-5-8-16(14-20)15-6-3-2-4-7-15/h2-7,9-13,16H,8,14H2,1H3/t16-/m1/s1. The summed E-state index contributed by atoms with van der Waals surface area (Å²) in [4.78, 5) is 13.9. The van der Waals surface area contributed by atoms with Crippen LogP contribution in [0.5, 0.6) is 11.5 Å². The Morgan fingerprint density at radius 3 is 2.43 bits per heavy atom. The molecule has 1 atom stereocenters. The van der Waals surface area contributed by atoms with Crippen molar-refractivity contribution in [2.45, 2.75) is 12.3 Å². The highest BCUT2D eigenvalue weighted by atomic mass is 16.6. The van der Waals surface area contributed by atoms with Crippen LogP contribution >= 0.6 is 0 Å². The summed E-state index contributed by atoms with van der Waals surface area (Å²) in [7, 11) is 1.60. The molecule has 4 nitrogen and oxygen atoms in total. The van der Waals surface area contributed by atoms with Gasteiger partial charge in [-0.1, -0.05) is 36.4 Å². The Morgan fingerprint density at radius 1 is 1.04 bits per heavy atom. The van der Waals surface area contributed by atoms with E-state index >= 15 is 0 Å². The fraction of sp³-hybridized carbons (Fsp3) is 0.211. The molecule has 3 rings (SSSR count). The average molecular weight is 309 g/mol. The first-order chi connectivity index (χ1) is 11.3. The van der Waals surface area contributed by atoms with E-state index in [1.165, 1.54) is 5.56 Å². The topological polar surface area (TPSA) is 38.8 Å². The van der Waals surface area contributed by atoms with Crippen molar-refractivity contribution in [3.05, 3.63) is 72.4 Å². The van der Waals surface area contributed by atoms with Gasteiger partial charge in [0.15, 0.2) is 0 Å². The largest absolute Gasteiger partial charge is 0.497 e. The minimum absolute atomic E-state index is 0.296. The normalized spacial score (nSPS) is 16.9. The molecule has 0 saturated carbocycles. The summed E-state index contributed by atoms with van der Waals surface area (Å²) in [6, 6.07) is 17.2. The Kier molecular flexibility index (Phi) is 4.62. The summed E-state index contributed by atoms with van der Waals surface area (Å²) in [5.41, 5.74) is 1.24. The van der Waals surface area contributed by atoms with E-state index in [-0.39, 0.29) is 6.09 Å². The molecule has 4 heteroatoms. The summed E-state index contributed by atoms with van der Waals surface area (Å²) in [6.07, 6.45) is 4.37. The second kappa shape index (κ2) is 7.01. The number of methoxy groups -OCH3 is 1. The van der Waals surface area contributed by atoms with Crippen molar-refractivity contribution < 1.29 is 14.3 Å². The van der Waals surface area contributed by atoms with Crippen LogP contribution in [0.2, 0.25) is 0 Å². The van der Waals surface area contributed by atoms with Crippen molar-refractivity contribution >= 4 is 6.09 Å². The van der Waals surface area contributed by atoms with Crippen molar-refractivity contribution in [2.75, 3.05) is 13.7 Å². The molecule has 1 amide bonds. The molecule has 0 aliphatic carbocycles. The zero-order valence-corrected chi connectivity index (χ0v) is 13.0. The molecule has 118 valence electrons. The predicted octanol–water partition coefficient (Wildman–Crippen LogP) is 4.20. The molecular weight excluding hydrogens is 290 g/mol. The highest BCUT2D eigenvalue weighted by Gasteiger charge is 2.22. The highest BCUT2D eigenvalue weighted by molar-refractivity contribution is 5.72. The molecule has 1 aliphatic rings. The van der Waals surface area contributed by atoms with E-state index in [1.54, 1.807) is 42.5 Å². The fourth-order valence-corrected chi connectivity index (χ4v) is 2.63. The second-order valence-electron chi connectivity index (χ2n) is 5.42. The first-order valence-corrected chi connectivity index (χ1v) is 7.60. The zero-order valence-electron chi connectivity index (χ0n) is 13.0. The molecule has 0 saturated heterocycles. The molecule has 0 fully saturated rings. The Labute approximate surface area is 135 Å². The quantitative estimate of drug-likeness (QED) is 0.853. The molecule has 0 radical (unpaired) electrons. The minimum Gasteiger partial charge on any atom is -0.497 e. The first kappa shape index (κ1) is 15.2. The van der Waals surface area contributed by atoms with E-state index < -0.39 is 0 Å². The summed E-state index contributed by atoms with van der Waals surface area (Å²) in [6.45, 7) is 0.621. The molecule has 0 N–H and O–H groups in total. The molecule has 1 aliphatic heterocycles. The van der Waals surface area contributed by atoms with Gasteiger partial charge in [0.25, 0.3) is 0 Å². The third-order valence-corrected chi connectivity index (χ3v) is 3.89. The Balaban J connectivity index is 1.65. The van der Waals surface area contributed by atoms with Crippen LogP contribution in [-0.4, -0.2) is 24.6 Å². The lowest BCUT2D eigenvalue weighted by Crippen LogP contribution is -2.34.